The fourth-order valence-electron chi connectivity index (χ4n) is 4.84. The van der Waals surface area contributed by atoms with Crippen molar-refractivity contribution >= 4 is 61.7 Å². The van der Waals surface area contributed by atoms with Gasteiger partial charge in [-0.2, -0.15) is 0 Å². The normalized spacial score (nSPS) is 14.7. The molecule has 0 amide bonds. The van der Waals surface area contributed by atoms with Crippen molar-refractivity contribution in [3.05, 3.63) is 78.9 Å². The van der Waals surface area contributed by atoms with E-state index in [0.717, 1.165) is 27.7 Å². The molecule has 0 radical (unpaired) electrons. The molecule has 1 saturated heterocycles. The lowest BCUT2D eigenvalue weighted by molar-refractivity contribution is 0.365. The molecule has 1 aliphatic rings. The summed E-state index contributed by atoms with van der Waals surface area (Å²) in [5, 5.41) is 6.09. The van der Waals surface area contributed by atoms with Crippen molar-refractivity contribution in [1.29, 1.82) is 0 Å². The second-order valence-electron chi connectivity index (χ2n) is 7.82. The Kier molecular flexibility index (Phi) is 3.31. The first-order valence-corrected chi connectivity index (χ1v) is 10.3. The van der Waals surface area contributed by atoms with Crippen LogP contribution in [0.5, 0.6) is 0 Å². The highest BCUT2D eigenvalue weighted by molar-refractivity contribution is 6.62. The van der Waals surface area contributed by atoms with E-state index in [2.05, 4.69) is 77.2 Å². The van der Waals surface area contributed by atoms with Crippen LogP contribution in [0.15, 0.2) is 78.9 Å². The molecule has 0 bridgehead atoms. The van der Waals surface area contributed by atoms with E-state index in [-0.39, 0.29) is 7.12 Å². The van der Waals surface area contributed by atoms with Gasteiger partial charge in [0.05, 0.1) is 29.8 Å². The van der Waals surface area contributed by atoms with Crippen LogP contribution >= 0.6 is 0 Å². The van der Waals surface area contributed by atoms with Gasteiger partial charge in [0.25, 0.3) is 0 Å². The fraction of sp³-hybridized carbons (Fsp3) is 0.0800. The predicted molar refractivity (Wildman–Crippen MR) is 123 cm³/mol. The molecule has 0 atom stereocenters. The van der Waals surface area contributed by atoms with E-state index in [4.69, 9.17) is 14.3 Å². The Hall–Kier alpha value is -3.41. The van der Waals surface area contributed by atoms with Crippen LogP contribution < -0.4 is 5.46 Å². The van der Waals surface area contributed by atoms with Gasteiger partial charge in [-0.25, -0.2) is 4.98 Å². The molecule has 5 heteroatoms. The summed E-state index contributed by atoms with van der Waals surface area (Å²) in [7, 11) is -0.303. The zero-order valence-electron chi connectivity index (χ0n) is 16.2. The van der Waals surface area contributed by atoms with E-state index in [1.807, 2.05) is 6.07 Å². The number of aromatic nitrogens is 2. The van der Waals surface area contributed by atoms with Gasteiger partial charge in [0.15, 0.2) is 0 Å². The van der Waals surface area contributed by atoms with E-state index in [1.54, 1.807) is 0 Å². The molecule has 0 unspecified atom stereocenters. The molecule has 4 aromatic carbocycles. The molecule has 30 heavy (non-hydrogen) atoms. The highest BCUT2D eigenvalue weighted by Crippen LogP contribution is 2.36. The molecule has 0 spiro atoms. The number of nitrogens with zero attached hydrogens (tertiary/aromatic N) is 2. The molecule has 0 N–H and O–H groups in total. The lowest BCUT2D eigenvalue weighted by atomic mass is 9.79. The number of pyridine rings is 1. The van der Waals surface area contributed by atoms with Crippen LogP contribution in [0.25, 0.3) is 49.1 Å². The quantitative estimate of drug-likeness (QED) is 0.303. The Bertz CT molecular complexity index is 1620. The summed E-state index contributed by atoms with van der Waals surface area (Å²) in [4.78, 5) is 5.03. The van der Waals surface area contributed by atoms with Gasteiger partial charge in [0.1, 0.15) is 5.65 Å². The maximum absolute atomic E-state index is 5.78. The molecule has 4 nitrogen and oxygen atoms in total. The first-order chi connectivity index (χ1) is 14.9. The number of rotatable bonds is 1. The van der Waals surface area contributed by atoms with E-state index in [0.29, 0.717) is 13.2 Å². The second kappa shape index (κ2) is 6.05. The van der Waals surface area contributed by atoms with Crippen LogP contribution in [0.4, 0.5) is 0 Å². The summed E-state index contributed by atoms with van der Waals surface area (Å²) in [5.41, 5.74) is 5.25. The van der Waals surface area contributed by atoms with E-state index < -0.39 is 0 Å². The first kappa shape index (κ1) is 16.4. The molecule has 3 heterocycles. The van der Waals surface area contributed by atoms with Gasteiger partial charge in [-0.15, -0.1) is 0 Å². The molecular weight excluding hydrogens is 371 g/mol. The zero-order chi connectivity index (χ0) is 19.7. The van der Waals surface area contributed by atoms with Gasteiger partial charge in [-0.05, 0) is 40.5 Å². The molecule has 142 valence electrons. The van der Waals surface area contributed by atoms with Crippen molar-refractivity contribution in [2.45, 2.75) is 0 Å². The molecular formula is C25H17BN2O2. The molecule has 7 rings (SSSR count). The van der Waals surface area contributed by atoms with Gasteiger partial charge in [0.2, 0.25) is 0 Å². The highest BCUT2D eigenvalue weighted by Gasteiger charge is 2.27. The van der Waals surface area contributed by atoms with Crippen molar-refractivity contribution in [2.75, 3.05) is 13.2 Å². The maximum atomic E-state index is 5.78. The average Bonchev–Trinajstić information content (AvgIpc) is 3.47. The van der Waals surface area contributed by atoms with Crippen LogP contribution in [-0.4, -0.2) is 29.7 Å². The first-order valence-electron chi connectivity index (χ1n) is 10.3. The van der Waals surface area contributed by atoms with Crippen LogP contribution in [-0.2, 0) is 9.31 Å². The minimum atomic E-state index is -0.303. The Morgan fingerprint density at radius 2 is 1.53 bits per heavy atom. The van der Waals surface area contributed by atoms with Gasteiger partial charge >= 0.3 is 7.12 Å². The van der Waals surface area contributed by atoms with Crippen molar-refractivity contribution in [2.24, 2.45) is 0 Å². The van der Waals surface area contributed by atoms with Gasteiger partial charge in [0, 0.05) is 16.2 Å². The Labute approximate surface area is 172 Å². The van der Waals surface area contributed by atoms with Crippen LogP contribution in [0, 0.1) is 0 Å². The molecule has 6 aromatic rings. The Morgan fingerprint density at radius 3 is 2.47 bits per heavy atom. The molecule has 2 aromatic heterocycles. The maximum Gasteiger partial charge on any atom is 0.494 e. The lowest BCUT2D eigenvalue weighted by Gasteiger charge is -2.13. The third kappa shape index (κ3) is 2.16. The summed E-state index contributed by atoms with van der Waals surface area (Å²) in [6.07, 6.45) is 0. The van der Waals surface area contributed by atoms with E-state index >= 15 is 0 Å². The molecule has 1 aliphatic heterocycles. The molecule has 0 saturated carbocycles. The summed E-state index contributed by atoms with van der Waals surface area (Å²) in [6.45, 7) is 1.27. The van der Waals surface area contributed by atoms with Crippen LogP contribution in [0.3, 0.4) is 0 Å². The zero-order valence-corrected chi connectivity index (χ0v) is 16.2. The van der Waals surface area contributed by atoms with Crippen molar-refractivity contribution in [3.8, 4) is 0 Å². The number of para-hydroxylation sites is 2. The summed E-state index contributed by atoms with van der Waals surface area (Å²) < 4.78 is 13.8. The van der Waals surface area contributed by atoms with Crippen molar-refractivity contribution in [3.63, 3.8) is 0 Å². The van der Waals surface area contributed by atoms with Crippen LogP contribution in [0.2, 0.25) is 0 Å². The predicted octanol–water partition coefficient (Wildman–Crippen LogP) is 4.69. The number of hydrogen-bond acceptors (Lipinski definition) is 3. The largest absolute Gasteiger partial charge is 0.494 e. The Morgan fingerprint density at radius 1 is 0.733 bits per heavy atom. The van der Waals surface area contributed by atoms with E-state index in [9.17, 15) is 0 Å². The SMILES string of the molecule is c1ccc2c(c1)ccc1c2c2ccc(B3OCCO3)cc2n2c3ccccc3nc12. The molecule has 0 aliphatic carbocycles. The topological polar surface area (TPSA) is 35.8 Å². The van der Waals surface area contributed by atoms with Crippen molar-refractivity contribution in [1.82, 2.24) is 9.38 Å². The third-order valence-corrected chi connectivity index (χ3v) is 6.16. The fourth-order valence-corrected chi connectivity index (χ4v) is 4.84. The smallest absolute Gasteiger partial charge is 0.405 e. The highest BCUT2D eigenvalue weighted by atomic mass is 16.6. The van der Waals surface area contributed by atoms with Crippen LogP contribution in [0.1, 0.15) is 0 Å². The van der Waals surface area contributed by atoms with Crippen molar-refractivity contribution < 1.29 is 9.31 Å². The lowest BCUT2D eigenvalue weighted by Crippen LogP contribution is -2.31. The van der Waals surface area contributed by atoms with Gasteiger partial charge in [-0.3, -0.25) is 4.40 Å². The number of benzene rings is 4. The van der Waals surface area contributed by atoms with Gasteiger partial charge < -0.3 is 9.31 Å². The number of imidazole rings is 1. The minimum Gasteiger partial charge on any atom is -0.405 e. The summed E-state index contributed by atoms with van der Waals surface area (Å²) in [5.74, 6) is 0. The minimum absolute atomic E-state index is 0.303. The average molecular weight is 388 g/mol. The monoisotopic (exact) mass is 388 g/mol. The second-order valence-corrected chi connectivity index (χ2v) is 7.82. The van der Waals surface area contributed by atoms with E-state index in [1.165, 1.54) is 26.9 Å². The molecule has 1 fully saturated rings. The summed E-state index contributed by atoms with van der Waals surface area (Å²) >= 11 is 0. The Balaban J connectivity index is 1.74. The third-order valence-electron chi connectivity index (χ3n) is 6.16. The van der Waals surface area contributed by atoms with Gasteiger partial charge in [-0.1, -0.05) is 54.6 Å². The number of fused-ring (bicyclic) bond motifs is 10. The standard InChI is InChI=1S/C25H17BN2O2/c1-2-6-18-16(5-1)9-11-20-24(18)19-12-10-17(26-29-13-14-30-26)15-23(19)28-22-8-4-3-7-21(22)27-25(20)28/h1-12,15H,13-14H2. The number of hydrogen-bond donors (Lipinski definition) is 0. The summed E-state index contributed by atoms with van der Waals surface area (Å²) in [6, 6.07) is 27.8.